The molecule has 0 radical (unpaired) electrons. The minimum absolute atomic E-state index is 0.0892. The molecule has 0 bridgehead atoms. The maximum absolute atomic E-state index is 13.3. The zero-order chi connectivity index (χ0) is 14.1. The lowest BCUT2D eigenvalue weighted by atomic mass is 10.2. The van der Waals surface area contributed by atoms with Crippen LogP contribution in [0.25, 0.3) is 0 Å². The largest absolute Gasteiger partial charge is 0.356 e. The highest BCUT2D eigenvalue weighted by Crippen LogP contribution is 2.12. The van der Waals surface area contributed by atoms with Crippen LogP contribution in [0.3, 0.4) is 0 Å². The summed E-state index contributed by atoms with van der Waals surface area (Å²) in [5, 5.41) is 5.02. The fraction of sp³-hybridized carbons (Fsp3) is 0.429. The normalized spacial score (nSPS) is 10.0. The summed E-state index contributed by atoms with van der Waals surface area (Å²) in [5.41, 5.74) is 0.0892. The van der Waals surface area contributed by atoms with Crippen molar-refractivity contribution >= 4 is 17.5 Å². The number of carbonyl (C=O) groups is 2. The molecule has 1 aromatic carbocycles. The van der Waals surface area contributed by atoms with E-state index in [1.165, 1.54) is 18.2 Å². The summed E-state index contributed by atoms with van der Waals surface area (Å²) in [6.07, 6.45) is 2.73. The van der Waals surface area contributed by atoms with Crippen molar-refractivity contribution in [2.45, 2.75) is 32.6 Å². The van der Waals surface area contributed by atoms with Crippen LogP contribution in [0.15, 0.2) is 24.3 Å². The molecule has 19 heavy (non-hydrogen) atoms. The molecule has 0 atom stereocenters. The average molecular weight is 266 g/mol. The smallest absolute Gasteiger partial charge is 0.233 e. The van der Waals surface area contributed by atoms with E-state index in [1.54, 1.807) is 6.07 Å². The Labute approximate surface area is 112 Å². The molecule has 1 rings (SSSR count). The number of amides is 2. The second kappa shape index (κ2) is 8.24. The number of halogens is 1. The van der Waals surface area contributed by atoms with E-state index >= 15 is 0 Å². The van der Waals surface area contributed by atoms with Crippen LogP contribution < -0.4 is 10.6 Å². The van der Waals surface area contributed by atoms with Gasteiger partial charge in [0.2, 0.25) is 11.8 Å². The van der Waals surface area contributed by atoms with Crippen LogP contribution in [0.5, 0.6) is 0 Å². The minimum atomic E-state index is -0.516. The van der Waals surface area contributed by atoms with Gasteiger partial charge in [-0.1, -0.05) is 31.9 Å². The average Bonchev–Trinajstić information content (AvgIpc) is 2.37. The van der Waals surface area contributed by atoms with E-state index in [-0.39, 0.29) is 18.0 Å². The quantitative estimate of drug-likeness (QED) is 0.588. The number of carbonyl (C=O) groups excluding carboxylic acids is 2. The van der Waals surface area contributed by atoms with Crippen molar-refractivity contribution in [1.82, 2.24) is 5.32 Å². The van der Waals surface area contributed by atoms with Gasteiger partial charge in [-0.25, -0.2) is 4.39 Å². The topological polar surface area (TPSA) is 58.2 Å². The second-order valence-corrected chi connectivity index (χ2v) is 4.26. The zero-order valence-electron chi connectivity index (χ0n) is 11.0. The molecule has 0 aliphatic heterocycles. The van der Waals surface area contributed by atoms with Crippen molar-refractivity contribution in [2.24, 2.45) is 0 Å². The molecule has 5 heteroatoms. The van der Waals surface area contributed by atoms with Gasteiger partial charge in [0.05, 0.1) is 5.69 Å². The number of rotatable bonds is 7. The third-order valence-corrected chi connectivity index (χ3v) is 2.57. The molecule has 104 valence electrons. The number of hydrogen-bond donors (Lipinski definition) is 2. The van der Waals surface area contributed by atoms with E-state index in [4.69, 9.17) is 0 Å². The van der Waals surface area contributed by atoms with E-state index in [1.807, 2.05) is 0 Å². The summed E-state index contributed by atoms with van der Waals surface area (Å²) in [6.45, 7) is 2.64. The van der Waals surface area contributed by atoms with Crippen LogP contribution in [0.1, 0.15) is 32.6 Å². The van der Waals surface area contributed by atoms with Gasteiger partial charge in [0.15, 0.2) is 0 Å². The van der Waals surface area contributed by atoms with Gasteiger partial charge < -0.3 is 10.6 Å². The summed E-state index contributed by atoms with van der Waals surface area (Å²) in [6, 6.07) is 5.85. The molecule has 2 amide bonds. The number of hydrogen-bond acceptors (Lipinski definition) is 2. The standard InChI is InChI=1S/C14H19FN2O2/c1-2-3-6-9-16-13(18)10-14(19)17-12-8-5-4-7-11(12)15/h4-5,7-8H,2-3,6,9-10H2,1H3,(H,16,18)(H,17,19). The Morgan fingerprint density at radius 1 is 1.16 bits per heavy atom. The van der Waals surface area contributed by atoms with Gasteiger partial charge in [0.1, 0.15) is 12.2 Å². The molecular weight excluding hydrogens is 247 g/mol. The predicted molar refractivity (Wildman–Crippen MR) is 72.2 cm³/mol. The molecule has 2 N–H and O–H groups in total. The Morgan fingerprint density at radius 3 is 2.58 bits per heavy atom. The highest BCUT2D eigenvalue weighted by molar-refractivity contribution is 6.03. The SMILES string of the molecule is CCCCCNC(=O)CC(=O)Nc1ccccc1F. The van der Waals surface area contributed by atoms with Gasteiger partial charge in [0.25, 0.3) is 0 Å². The Morgan fingerprint density at radius 2 is 1.89 bits per heavy atom. The fourth-order valence-corrected chi connectivity index (χ4v) is 1.57. The fourth-order valence-electron chi connectivity index (χ4n) is 1.57. The van der Waals surface area contributed by atoms with Gasteiger partial charge in [-0.05, 0) is 18.6 Å². The van der Waals surface area contributed by atoms with Crippen LogP contribution in [0.4, 0.5) is 10.1 Å². The summed E-state index contributed by atoms with van der Waals surface area (Å²) in [7, 11) is 0. The van der Waals surface area contributed by atoms with Gasteiger partial charge in [-0.15, -0.1) is 0 Å². The first kappa shape index (κ1) is 15.1. The number of nitrogens with one attached hydrogen (secondary N) is 2. The number of unbranched alkanes of at least 4 members (excludes halogenated alkanes) is 2. The Kier molecular flexibility index (Phi) is 6.57. The molecular formula is C14H19FN2O2. The maximum atomic E-state index is 13.3. The van der Waals surface area contributed by atoms with Crippen LogP contribution in [-0.4, -0.2) is 18.4 Å². The third kappa shape index (κ3) is 5.99. The Hall–Kier alpha value is -1.91. The van der Waals surface area contributed by atoms with Gasteiger partial charge in [-0.3, -0.25) is 9.59 Å². The van der Waals surface area contributed by atoms with Crippen molar-refractivity contribution in [1.29, 1.82) is 0 Å². The lowest BCUT2D eigenvalue weighted by Gasteiger charge is -2.07. The molecule has 0 fully saturated rings. The molecule has 0 unspecified atom stereocenters. The summed E-state index contributed by atoms with van der Waals surface area (Å²) in [5.74, 6) is -1.37. The van der Waals surface area contributed by atoms with Crippen LogP contribution in [-0.2, 0) is 9.59 Å². The molecule has 4 nitrogen and oxygen atoms in total. The lowest BCUT2D eigenvalue weighted by Crippen LogP contribution is -2.29. The monoisotopic (exact) mass is 266 g/mol. The number of para-hydroxylation sites is 1. The molecule has 1 aromatic rings. The van der Waals surface area contributed by atoms with Gasteiger partial charge >= 0.3 is 0 Å². The number of benzene rings is 1. The van der Waals surface area contributed by atoms with Crippen LogP contribution >= 0.6 is 0 Å². The van der Waals surface area contributed by atoms with Gasteiger partial charge in [0, 0.05) is 6.54 Å². The number of anilines is 1. The van der Waals surface area contributed by atoms with Crippen molar-refractivity contribution in [3.8, 4) is 0 Å². The third-order valence-electron chi connectivity index (χ3n) is 2.57. The van der Waals surface area contributed by atoms with Crippen LogP contribution in [0.2, 0.25) is 0 Å². The van der Waals surface area contributed by atoms with E-state index in [0.717, 1.165) is 19.3 Å². The molecule has 0 saturated heterocycles. The van der Waals surface area contributed by atoms with Crippen molar-refractivity contribution in [3.63, 3.8) is 0 Å². The maximum Gasteiger partial charge on any atom is 0.233 e. The molecule has 0 aliphatic carbocycles. The minimum Gasteiger partial charge on any atom is -0.356 e. The molecule has 0 aromatic heterocycles. The summed E-state index contributed by atoms with van der Waals surface area (Å²) >= 11 is 0. The molecule has 0 aliphatic rings. The van der Waals surface area contributed by atoms with Crippen molar-refractivity contribution in [2.75, 3.05) is 11.9 Å². The van der Waals surface area contributed by atoms with Crippen LogP contribution in [0, 0.1) is 5.82 Å². The highest BCUT2D eigenvalue weighted by Gasteiger charge is 2.10. The lowest BCUT2D eigenvalue weighted by molar-refractivity contribution is -0.126. The van der Waals surface area contributed by atoms with E-state index in [9.17, 15) is 14.0 Å². The first-order chi connectivity index (χ1) is 9.13. The summed E-state index contributed by atoms with van der Waals surface area (Å²) in [4.78, 5) is 23.0. The van der Waals surface area contributed by atoms with E-state index in [2.05, 4.69) is 17.6 Å². The van der Waals surface area contributed by atoms with E-state index in [0.29, 0.717) is 6.54 Å². The predicted octanol–water partition coefficient (Wildman–Crippen LogP) is 2.46. The van der Waals surface area contributed by atoms with Crippen molar-refractivity contribution in [3.05, 3.63) is 30.1 Å². The zero-order valence-corrected chi connectivity index (χ0v) is 11.0. The first-order valence-corrected chi connectivity index (χ1v) is 6.44. The Balaban J connectivity index is 2.31. The van der Waals surface area contributed by atoms with Gasteiger partial charge in [-0.2, -0.15) is 0 Å². The first-order valence-electron chi connectivity index (χ1n) is 6.44. The highest BCUT2D eigenvalue weighted by atomic mass is 19.1. The van der Waals surface area contributed by atoms with E-state index < -0.39 is 11.7 Å². The Bertz CT molecular complexity index is 435. The molecule has 0 spiro atoms. The summed E-state index contributed by atoms with van der Waals surface area (Å²) < 4.78 is 13.3. The second-order valence-electron chi connectivity index (χ2n) is 4.26. The van der Waals surface area contributed by atoms with Crippen molar-refractivity contribution < 1.29 is 14.0 Å². The molecule has 0 heterocycles. The molecule has 0 saturated carbocycles.